The van der Waals surface area contributed by atoms with Crippen LogP contribution in [-0.4, -0.2) is 26.7 Å². The Bertz CT molecular complexity index is 1350. The highest BCUT2D eigenvalue weighted by molar-refractivity contribution is 9.10. The van der Waals surface area contributed by atoms with Gasteiger partial charge < -0.3 is 19.5 Å². The summed E-state index contributed by atoms with van der Waals surface area (Å²) in [4.78, 5) is 6.97. The van der Waals surface area contributed by atoms with E-state index in [4.69, 9.17) is 17.0 Å². The molecule has 0 amide bonds. The van der Waals surface area contributed by atoms with Crippen molar-refractivity contribution in [2.45, 2.75) is 32.5 Å². The summed E-state index contributed by atoms with van der Waals surface area (Å²) in [6.45, 7) is 5.03. The quantitative estimate of drug-likeness (QED) is 0.282. The van der Waals surface area contributed by atoms with Crippen molar-refractivity contribution in [3.8, 4) is 11.4 Å². The fourth-order valence-corrected chi connectivity index (χ4v) is 5.63. The van der Waals surface area contributed by atoms with Crippen LogP contribution in [0.3, 0.4) is 0 Å². The number of aryl methyl sites for hydroxylation is 1. The second-order valence-corrected chi connectivity index (χ2v) is 10.0. The van der Waals surface area contributed by atoms with E-state index >= 15 is 0 Å². The maximum Gasteiger partial charge on any atom is 0.170 e. The summed E-state index contributed by atoms with van der Waals surface area (Å²) in [7, 11) is 1.68. The van der Waals surface area contributed by atoms with Crippen LogP contribution in [0.25, 0.3) is 5.69 Å². The lowest BCUT2D eigenvalue weighted by atomic mass is 9.96. The maximum absolute atomic E-state index is 5.89. The summed E-state index contributed by atoms with van der Waals surface area (Å²) in [6, 6.07) is 24.8. The highest BCUT2D eigenvalue weighted by atomic mass is 79.9. The Morgan fingerprint density at radius 3 is 2.51 bits per heavy atom. The number of hydrogen-bond donors (Lipinski definition) is 1. The third-order valence-electron chi connectivity index (χ3n) is 6.57. The molecule has 1 aliphatic heterocycles. The topological polar surface area (TPSA) is 42.3 Å². The predicted octanol–water partition coefficient (Wildman–Crippen LogP) is 6.43. The van der Waals surface area contributed by atoms with Crippen LogP contribution < -0.4 is 10.1 Å². The van der Waals surface area contributed by atoms with Gasteiger partial charge in [-0.1, -0.05) is 40.2 Å². The van der Waals surface area contributed by atoms with E-state index in [0.29, 0.717) is 6.54 Å². The first-order valence-electron chi connectivity index (χ1n) is 11.5. The molecule has 0 radical (unpaired) electrons. The van der Waals surface area contributed by atoms with Gasteiger partial charge in [-0.25, -0.2) is 0 Å². The van der Waals surface area contributed by atoms with Gasteiger partial charge >= 0.3 is 0 Å². The SMILES string of the molecule is COc1ccc(CN2C(=S)N[C@@H](c3ccccn3)[C@@H]2c2cc(C)n(-c3cccc(Br)c3)c2C)cc1. The molecule has 35 heavy (non-hydrogen) atoms. The van der Waals surface area contributed by atoms with Gasteiger partial charge in [0.1, 0.15) is 5.75 Å². The maximum atomic E-state index is 5.89. The third-order valence-corrected chi connectivity index (χ3v) is 7.41. The van der Waals surface area contributed by atoms with Crippen LogP contribution in [0, 0.1) is 13.8 Å². The number of nitrogens with one attached hydrogen (secondary N) is 1. The largest absolute Gasteiger partial charge is 0.497 e. The average molecular weight is 548 g/mol. The number of methoxy groups -OCH3 is 1. The minimum absolute atomic E-state index is 0.00777. The molecule has 1 N–H and O–H groups in total. The van der Waals surface area contributed by atoms with Crippen LogP contribution in [0.1, 0.15) is 40.3 Å². The van der Waals surface area contributed by atoms with Gasteiger partial charge in [-0.05, 0) is 85.7 Å². The molecular formula is C28H27BrN4OS. The monoisotopic (exact) mass is 546 g/mol. The normalized spacial score (nSPS) is 17.5. The predicted molar refractivity (Wildman–Crippen MR) is 147 cm³/mol. The molecule has 2 aromatic carbocycles. The van der Waals surface area contributed by atoms with Gasteiger partial charge in [0, 0.05) is 34.3 Å². The number of halogens is 1. The van der Waals surface area contributed by atoms with Crippen molar-refractivity contribution in [3.05, 3.63) is 112 Å². The van der Waals surface area contributed by atoms with Crippen molar-refractivity contribution < 1.29 is 4.74 Å². The zero-order valence-electron chi connectivity index (χ0n) is 19.9. The van der Waals surface area contributed by atoms with Crippen LogP contribution in [0.2, 0.25) is 0 Å². The number of pyridine rings is 1. The molecule has 2 aromatic heterocycles. The lowest BCUT2D eigenvalue weighted by Crippen LogP contribution is -2.29. The van der Waals surface area contributed by atoms with E-state index in [9.17, 15) is 0 Å². The van der Waals surface area contributed by atoms with Crippen LogP contribution in [0.5, 0.6) is 5.75 Å². The van der Waals surface area contributed by atoms with Crippen LogP contribution in [0.4, 0.5) is 0 Å². The van der Waals surface area contributed by atoms with E-state index in [2.05, 4.69) is 92.0 Å². The van der Waals surface area contributed by atoms with Gasteiger partial charge in [0.15, 0.2) is 5.11 Å². The van der Waals surface area contributed by atoms with Crippen LogP contribution in [-0.2, 0) is 6.54 Å². The first kappa shape index (κ1) is 23.6. The van der Waals surface area contributed by atoms with Crippen LogP contribution >= 0.6 is 28.1 Å². The number of ether oxygens (including phenoxy) is 1. The second kappa shape index (κ2) is 9.84. The van der Waals surface area contributed by atoms with Gasteiger partial charge in [-0.2, -0.15) is 0 Å². The van der Waals surface area contributed by atoms with E-state index in [-0.39, 0.29) is 12.1 Å². The minimum atomic E-state index is -0.0570. The minimum Gasteiger partial charge on any atom is -0.497 e. The zero-order chi connectivity index (χ0) is 24.5. The summed E-state index contributed by atoms with van der Waals surface area (Å²) >= 11 is 9.51. The molecule has 0 spiro atoms. The van der Waals surface area contributed by atoms with Gasteiger partial charge in [-0.3, -0.25) is 4.98 Å². The van der Waals surface area contributed by atoms with Crippen molar-refractivity contribution in [1.29, 1.82) is 0 Å². The first-order chi connectivity index (χ1) is 17.0. The Morgan fingerprint density at radius 2 is 1.83 bits per heavy atom. The van der Waals surface area contributed by atoms with Crippen molar-refractivity contribution in [1.82, 2.24) is 19.8 Å². The van der Waals surface area contributed by atoms with E-state index < -0.39 is 0 Å². The van der Waals surface area contributed by atoms with Crippen molar-refractivity contribution in [2.24, 2.45) is 0 Å². The van der Waals surface area contributed by atoms with Crippen molar-refractivity contribution >= 4 is 33.3 Å². The summed E-state index contributed by atoms with van der Waals surface area (Å²) in [6.07, 6.45) is 1.84. The molecular weight excluding hydrogens is 520 g/mol. The van der Waals surface area contributed by atoms with E-state index in [1.807, 2.05) is 36.5 Å². The molecule has 5 rings (SSSR count). The van der Waals surface area contributed by atoms with E-state index in [0.717, 1.165) is 26.7 Å². The Morgan fingerprint density at radius 1 is 1.03 bits per heavy atom. The second-order valence-electron chi connectivity index (χ2n) is 8.74. The molecule has 0 aliphatic carbocycles. The summed E-state index contributed by atoms with van der Waals surface area (Å²) < 4.78 is 8.71. The smallest absolute Gasteiger partial charge is 0.170 e. The lowest BCUT2D eigenvalue weighted by Gasteiger charge is -2.28. The fraction of sp³-hybridized carbons (Fsp3) is 0.214. The Labute approximate surface area is 219 Å². The van der Waals surface area contributed by atoms with E-state index in [1.54, 1.807) is 7.11 Å². The molecule has 4 aromatic rings. The molecule has 0 saturated carbocycles. The molecule has 0 unspecified atom stereocenters. The highest BCUT2D eigenvalue weighted by Gasteiger charge is 2.41. The molecule has 178 valence electrons. The van der Waals surface area contributed by atoms with Crippen molar-refractivity contribution in [3.63, 3.8) is 0 Å². The average Bonchev–Trinajstić information content (AvgIpc) is 3.34. The first-order valence-corrected chi connectivity index (χ1v) is 12.7. The van der Waals surface area contributed by atoms with Crippen molar-refractivity contribution in [2.75, 3.05) is 7.11 Å². The summed E-state index contributed by atoms with van der Waals surface area (Å²) in [5.41, 5.74) is 6.88. The fourth-order valence-electron chi connectivity index (χ4n) is 4.94. The lowest BCUT2D eigenvalue weighted by molar-refractivity contribution is 0.310. The number of thiocarbonyl (C=S) groups is 1. The van der Waals surface area contributed by atoms with Crippen LogP contribution in [0.15, 0.2) is 83.5 Å². The molecule has 5 nitrogen and oxygen atoms in total. The van der Waals surface area contributed by atoms with Gasteiger partial charge in [0.2, 0.25) is 0 Å². The molecule has 0 bridgehead atoms. The number of nitrogens with zero attached hydrogens (tertiary/aromatic N) is 3. The van der Waals surface area contributed by atoms with Gasteiger partial charge in [-0.15, -0.1) is 0 Å². The number of aromatic nitrogens is 2. The Balaban J connectivity index is 1.60. The van der Waals surface area contributed by atoms with Gasteiger partial charge in [0.25, 0.3) is 0 Å². The zero-order valence-corrected chi connectivity index (χ0v) is 22.3. The molecule has 1 fully saturated rings. The Kier molecular flexibility index (Phi) is 6.62. The molecule has 3 heterocycles. The molecule has 1 aliphatic rings. The summed E-state index contributed by atoms with van der Waals surface area (Å²) in [5, 5.41) is 4.30. The Hall–Kier alpha value is -3.16. The molecule has 2 atom stereocenters. The number of rotatable bonds is 6. The molecule has 1 saturated heterocycles. The number of benzene rings is 2. The van der Waals surface area contributed by atoms with E-state index in [1.165, 1.54) is 22.5 Å². The standard InChI is InChI=1S/C28H27BrN4OS/c1-18-15-24(19(2)33(18)22-8-6-7-21(29)16-22)27-26(25-9-4-5-14-30-25)31-28(35)32(27)17-20-10-12-23(34-3)13-11-20/h4-16,26-27H,17H2,1-3H3,(H,31,35)/t26-,27-/m0/s1. The van der Waals surface area contributed by atoms with Gasteiger partial charge in [0.05, 0.1) is 24.9 Å². The molecule has 7 heteroatoms. The third kappa shape index (κ3) is 4.58. The highest BCUT2D eigenvalue weighted by Crippen LogP contribution is 2.42. The number of hydrogen-bond acceptors (Lipinski definition) is 3. The summed E-state index contributed by atoms with van der Waals surface area (Å²) in [5.74, 6) is 0.844.